The molecule has 8 rings (SSSR count). The minimum absolute atomic E-state index is 0.109. The largest absolute Gasteiger partial charge is 0.393 e. The maximum absolute atomic E-state index is 13.1. The van der Waals surface area contributed by atoms with E-state index in [9.17, 15) is 29.4 Å². The molecule has 1 unspecified atom stereocenters. The Morgan fingerprint density at radius 2 is 0.929 bits per heavy atom. The van der Waals surface area contributed by atoms with Crippen molar-refractivity contribution in [3.8, 4) is 0 Å². The van der Waals surface area contributed by atoms with Gasteiger partial charge in [0, 0.05) is 40.3 Å². The number of rotatable bonds is 8. The van der Waals surface area contributed by atoms with E-state index in [1.165, 1.54) is 18.3 Å². The van der Waals surface area contributed by atoms with Crippen LogP contribution in [-0.2, 0) is 41.3 Å². The zero-order valence-electron chi connectivity index (χ0n) is 32.7. The van der Waals surface area contributed by atoms with Crippen molar-refractivity contribution in [2.45, 2.75) is 89.8 Å². The highest BCUT2D eigenvalue weighted by Crippen LogP contribution is 2.25. The topological polar surface area (TPSA) is 188 Å². The fraction of sp³-hybridized carbons (Fsp3) is 0.450. The van der Waals surface area contributed by atoms with Crippen LogP contribution in [-0.4, -0.2) is 71.9 Å². The molecule has 2 fully saturated rings. The fourth-order valence-electron chi connectivity index (χ4n) is 7.72. The molecule has 0 radical (unpaired) electrons. The lowest BCUT2D eigenvalue weighted by Gasteiger charge is -2.12. The van der Waals surface area contributed by atoms with Crippen LogP contribution in [0.25, 0.3) is 22.3 Å². The first kappa shape index (κ1) is 38.5. The molecule has 16 nitrogen and oxygen atoms in total. The van der Waals surface area contributed by atoms with E-state index in [1.807, 2.05) is 62.4 Å². The van der Waals surface area contributed by atoms with Crippen molar-refractivity contribution >= 4 is 34.2 Å². The van der Waals surface area contributed by atoms with Gasteiger partial charge in [-0.3, -0.25) is 27.9 Å². The molecule has 4 aromatic heterocycles. The minimum atomic E-state index is -0.390. The maximum atomic E-state index is 13.1. The quantitative estimate of drug-likeness (QED) is 0.179. The number of nitrogens with one attached hydrogen (secondary N) is 2. The van der Waals surface area contributed by atoms with E-state index in [4.69, 9.17) is 0 Å². The second-order valence-electron chi connectivity index (χ2n) is 15.4. The Balaban J connectivity index is 0.000000172. The van der Waals surface area contributed by atoms with Crippen molar-refractivity contribution in [3.63, 3.8) is 0 Å². The van der Waals surface area contributed by atoms with Gasteiger partial charge in [0.15, 0.2) is 22.3 Å². The average Bonchev–Trinajstić information content (AvgIpc) is 3.95. The Labute approximate surface area is 322 Å². The predicted molar refractivity (Wildman–Crippen MR) is 216 cm³/mol. The van der Waals surface area contributed by atoms with Gasteiger partial charge in [0.25, 0.3) is 11.1 Å². The smallest absolute Gasteiger partial charge is 0.332 e. The van der Waals surface area contributed by atoms with Crippen LogP contribution in [0.1, 0.15) is 60.8 Å². The van der Waals surface area contributed by atoms with Crippen molar-refractivity contribution in [3.05, 3.63) is 112 Å². The third-order valence-electron chi connectivity index (χ3n) is 11.1. The highest BCUT2D eigenvalue weighted by Gasteiger charge is 2.27. The van der Waals surface area contributed by atoms with E-state index in [0.29, 0.717) is 47.1 Å². The highest BCUT2D eigenvalue weighted by atomic mass is 16.3. The molecule has 2 saturated carbocycles. The number of aliphatic hydroxyl groups is 2. The van der Waals surface area contributed by atoms with Crippen LogP contribution in [0.5, 0.6) is 0 Å². The molecule has 4 atom stereocenters. The molecule has 0 bridgehead atoms. The fourth-order valence-corrected chi connectivity index (χ4v) is 7.72. The second-order valence-corrected chi connectivity index (χ2v) is 15.4. The monoisotopic (exact) mass is 766 g/mol. The van der Waals surface area contributed by atoms with E-state index in [-0.39, 0.29) is 59.9 Å². The lowest BCUT2D eigenvalue weighted by molar-refractivity contribution is 0.181. The third kappa shape index (κ3) is 7.45. The molecule has 6 aromatic rings. The first-order valence-corrected chi connectivity index (χ1v) is 19.0. The Hall–Kier alpha value is -5.74. The zero-order valence-corrected chi connectivity index (χ0v) is 32.7. The van der Waals surface area contributed by atoms with Crippen LogP contribution in [0.3, 0.4) is 0 Å². The van der Waals surface area contributed by atoms with Gasteiger partial charge in [0.2, 0.25) is 11.9 Å². The summed E-state index contributed by atoms with van der Waals surface area (Å²) in [5.41, 5.74) is 4.04. The van der Waals surface area contributed by atoms with Crippen molar-refractivity contribution in [2.24, 2.45) is 28.2 Å². The number of aliphatic hydroxyl groups excluding tert-OH is 2. The van der Waals surface area contributed by atoms with Crippen molar-refractivity contribution < 1.29 is 10.2 Å². The number of aromatic nitrogens is 8. The number of imidazole rings is 2. The minimum Gasteiger partial charge on any atom is -0.393 e. The SMILES string of the molecule is Cc1ccc(Cn2c(=O)c3c(nc(NC4CC[C@H](O)C4)n3C)n(C)c2=O)cc1.Cc1ccc(Cn2c(=O)c3c(nc(N[C@@H]4CC[C@@H](O)C4)n3C)n(C)c2=O)cc1. The van der Waals surface area contributed by atoms with Gasteiger partial charge in [-0.1, -0.05) is 59.7 Å². The van der Waals surface area contributed by atoms with Gasteiger partial charge in [-0.25, -0.2) is 9.59 Å². The number of fused-ring (bicyclic) bond motifs is 2. The number of benzene rings is 2. The zero-order chi connectivity index (χ0) is 40.0. The second kappa shape index (κ2) is 15.4. The molecule has 0 spiro atoms. The summed E-state index contributed by atoms with van der Waals surface area (Å²) in [6.07, 6.45) is 3.90. The summed E-state index contributed by atoms with van der Waals surface area (Å²) in [5, 5.41) is 26.1. The van der Waals surface area contributed by atoms with Gasteiger partial charge >= 0.3 is 11.4 Å². The van der Waals surface area contributed by atoms with Crippen LogP contribution < -0.4 is 33.1 Å². The van der Waals surface area contributed by atoms with Crippen LogP contribution >= 0.6 is 0 Å². The van der Waals surface area contributed by atoms with Gasteiger partial charge in [0.1, 0.15) is 0 Å². The maximum Gasteiger partial charge on any atom is 0.332 e. The Kier molecular flexibility index (Phi) is 10.6. The molecule has 296 valence electrons. The van der Waals surface area contributed by atoms with Crippen LogP contribution in [0, 0.1) is 13.8 Å². The van der Waals surface area contributed by atoms with Crippen LogP contribution in [0.4, 0.5) is 11.9 Å². The van der Waals surface area contributed by atoms with Gasteiger partial charge in [-0.05, 0) is 63.5 Å². The van der Waals surface area contributed by atoms with Crippen LogP contribution in [0.2, 0.25) is 0 Å². The van der Waals surface area contributed by atoms with Gasteiger partial charge in [-0.2, -0.15) is 9.97 Å². The molecule has 56 heavy (non-hydrogen) atoms. The van der Waals surface area contributed by atoms with E-state index >= 15 is 0 Å². The summed E-state index contributed by atoms with van der Waals surface area (Å²) >= 11 is 0. The van der Waals surface area contributed by atoms with E-state index < -0.39 is 0 Å². The van der Waals surface area contributed by atoms with Crippen LogP contribution in [0.15, 0.2) is 67.7 Å². The summed E-state index contributed by atoms with van der Waals surface area (Å²) < 4.78 is 8.73. The molecule has 0 aliphatic heterocycles. The normalized spacial score (nSPS) is 19.4. The molecular formula is C40H50N10O6. The first-order chi connectivity index (χ1) is 26.7. The lowest BCUT2D eigenvalue weighted by Crippen LogP contribution is -2.39. The Morgan fingerprint density at radius 1 is 0.571 bits per heavy atom. The Morgan fingerprint density at radius 3 is 1.25 bits per heavy atom. The summed E-state index contributed by atoms with van der Waals surface area (Å²) in [5.74, 6) is 1.07. The number of anilines is 2. The van der Waals surface area contributed by atoms with Gasteiger partial charge in [0.05, 0.1) is 25.3 Å². The molecule has 2 aliphatic rings. The van der Waals surface area contributed by atoms with Gasteiger partial charge < -0.3 is 30.0 Å². The number of nitrogens with zero attached hydrogens (tertiary/aromatic N) is 8. The summed E-state index contributed by atoms with van der Waals surface area (Å²) in [6.45, 7) is 4.41. The molecule has 16 heteroatoms. The molecule has 2 aromatic carbocycles. The molecule has 2 aliphatic carbocycles. The van der Waals surface area contributed by atoms with Crippen molar-refractivity contribution in [1.82, 2.24) is 37.4 Å². The molecule has 0 saturated heterocycles. The highest BCUT2D eigenvalue weighted by molar-refractivity contribution is 5.75. The molecule has 4 heterocycles. The van der Waals surface area contributed by atoms with E-state index in [1.54, 1.807) is 37.3 Å². The number of aryl methyl sites for hydroxylation is 6. The summed E-state index contributed by atoms with van der Waals surface area (Å²) in [4.78, 5) is 60.8. The standard InChI is InChI=1S/2C20H25N5O3/c2*1-12-4-6-13(7-5-12)11-25-18(27)16-17(24(3)20(25)28)22-19(23(16)2)21-14-8-9-15(26)10-14/h2*4-7,14-15,26H,8-11H2,1-3H3,(H,21,22)/t14?,15-;14-,15-/m01/s1. The van der Waals surface area contributed by atoms with Crippen molar-refractivity contribution in [1.29, 1.82) is 0 Å². The Bertz CT molecular complexity index is 2460. The summed E-state index contributed by atoms with van der Waals surface area (Å²) in [7, 11) is 6.80. The third-order valence-corrected chi connectivity index (χ3v) is 11.1. The van der Waals surface area contributed by atoms with Crippen molar-refractivity contribution in [2.75, 3.05) is 10.6 Å². The average molecular weight is 767 g/mol. The van der Waals surface area contributed by atoms with E-state index in [0.717, 1.165) is 47.9 Å². The predicted octanol–water partition coefficient (Wildman–Crippen LogP) is 2.23. The number of hydrogen-bond donors (Lipinski definition) is 4. The molecule has 4 N–H and O–H groups in total. The van der Waals surface area contributed by atoms with Gasteiger partial charge in [-0.15, -0.1) is 0 Å². The summed E-state index contributed by atoms with van der Waals surface area (Å²) in [6, 6.07) is 15.8. The molecular weight excluding hydrogens is 717 g/mol. The molecule has 0 amide bonds. The lowest BCUT2D eigenvalue weighted by atomic mass is 10.1. The number of hydrogen-bond acceptors (Lipinski definition) is 10. The van der Waals surface area contributed by atoms with E-state index in [2.05, 4.69) is 20.6 Å². The first-order valence-electron chi connectivity index (χ1n) is 19.0.